The summed E-state index contributed by atoms with van der Waals surface area (Å²) in [6.07, 6.45) is -5.46. The molecule has 1 aromatic rings. The van der Waals surface area contributed by atoms with E-state index in [2.05, 4.69) is 5.16 Å². The van der Waals surface area contributed by atoms with Crippen molar-refractivity contribution >= 4 is 5.71 Å². The smallest absolute Gasteiger partial charge is 0.410 e. The fourth-order valence-electron chi connectivity index (χ4n) is 1.55. The Morgan fingerprint density at radius 2 is 1.78 bits per heavy atom. The summed E-state index contributed by atoms with van der Waals surface area (Å²) < 4.78 is 51.8. The van der Waals surface area contributed by atoms with Crippen LogP contribution in [-0.4, -0.2) is 17.1 Å². The van der Waals surface area contributed by atoms with Gasteiger partial charge in [-0.2, -0.15) is 13.2 Å². The van der Waals surface area contributed by atoms with Crippen LogP contribution in [0.5, 0.6) is 0 Å². The highest BCUT2D eigenvalue weighted by molar-refractivity contribution is 5.82. The molecule has 0 saturated heterocycles. The molecule has 0 radical (unpaired) electrons. The fourth-order valence-corrected chi connectivity index (χ4v) is 1.55. The molecule has 0 aliphatic heterocycles. The number of alkyl halides is 3. The van der Waals surface area contributed by atoms with E-state index < -0.39 is 24.0 Å². The van der Waals surface area contributed by atoms with Crippen LogP contribution in [-0.2, 0) is 5.54 Å². The quantitative estimate of drug-likeness (QED) is 0.381. The van der Waals surface area contributed by atoms with Crippen LogP contribution in [0.15, 0.2) is 29.4 Å². The van der Waals surface area contributed by atoms with Crippen LogP contribution < -0.4 is 5.73 Å². The van der Waals surface area contributed by atoms with E-state index in [1.54, 1.807) is 0 Å². The minimum absolute atomic E-state index is 0.167. The minimum atomic E-state index is -4.75. The topological polar surface area (TPSA) is 58.6 Å². The molecule has 0 unspecified atom stereocenters. The number of benzene rings is 1. The molecule has 0 spiro atoms. The van der Waals surface area contributed by atoms with Crippen LogP contribution >= 0.6 is 0 Å². The Kier molecular flexibility index (Phi) is 3.95. The van der Waals surface area contributed by atoms with E-state index in [9.17, 15) is 17.6 Å². The lowest BCUT2D eigenvalue weighted by atomic mass is 9.85. The van der Waals surface area contributed by atoms with Gasteiger partial charge in [0.25, 0.3) is 0 Å². The van der Waals surface area contributed by atoms with Gasteiger partial charge in [-0.25, -0.2) is 4.39 Å². The van der Waals surface area contributed by atoms with E-state index in [1.165, 1.54) is 6.92 Å². The molecule has 1 rings (SSSR count). The first kappa shape index (κ1) is 14.4. The van der Waals surface area contributed by atoms with Crippen molar-refractivity contribution in [3.8, 4) is 0 Å². The minimum Gasteiger partial charge on any atom is -0.411 e. The van der Waals surface area contributed by atoms with Gasteiger partial charge in [0.15, 0.2) is 0 Å². The molecule has 18 heavy (non-hydrogen) atoms. The number of hydrogen-bond acceptors (Lipinski definition) is 3. The summed E-state index contributed by atoms with van der Waals surface area (Å²) in [6.45, 7) is 1.22. The van der Waals surface area contributed by atoms with Crippen LogP contribution in [0.1, 0.15) is 18.9 Å². The fraction of sp³-hybridized carbons (Fsp3) is 0.364. The average molecular weight is 264 g/mol. The van der Waals surface area contributed by atoms with Crippen molar-refractivity contribution in [3.05, 3.63) is 35.6 Å². The molecule has 3 nitrogen and oxygen atoms in total. The molecule has 0 aromatic heterocycles. The van der Waals surface area contributed by atoms with Gasteiger partial charge in [-0.3, -0.25) is 0 Å². The summed E-state index contributed by atoms with van der Waals surface area (Å²) in [5, 5.41) is 11.2. The lowest BCUT2D eigenvalue weighted by Gasteiger charge is -2.32. The Bertz CT molecular complexity index is 441. The summed E-state index contributed by atoms with van der Waals surface area (Å²) in [5.41, 5.74) is 2.21. The highest BCUT2D eigenvalue weighted by Crippen LogP contribution is 2.39. The molecule has 7 heteroatoms. The lowest BCUT2D eigenvalue weighted by molar-refractivity contribution is -0.187. The summed E-state index contributed by atoms with van der Waals surface area (Å²) in [6, 6.07) is 3.73. The first-order valence-corrected chi connectivity index (χ1v) is 5.00. The predicted molar refractivity (Wildman–Crippen MR) is 57.8 cm³/mol. The molecule has 0 aliphatic rings. The second-order valence-electron chi connectivity index (χ2n) is 3.99. The van der Waals surface area contributed by atoms with Gasteiger partial charge in [-0.1, -0.05) is 17.3 Å². The van der Waals surface area contributed by atoms with Crippen LogP contribution in [0.2, 0.25) is 0 Å². The van der Waals surface area contributed by atoms with Crippen molar-refractivity contribution in [2.75, 3.05) is 0 Å². The third-order valence-electron chi connectivity index (χ3n) is 2.57. The van der Waals surface area contributed by atoms with Crippen molar-refractivity contribution in [1.29, 1.82) is 0 Å². The normalized spacial score (nSPS) is 16.4. The van der Waals surface area contributed by atoms with E-state index in [0.717, 1.165) is 24.3 Å². The third kappa shape index (κ3) is 2.79. The first-order chi connectivity index (χ1) is 8.20. The summed E-state index contributed by atoms with van der Waals surface area (Å²) in [4.78, 5) is 0. The second kappa shape index (κ2) is 4.93. The number of rotatable bonds is 3. The number of nitrogens with zero attached hydrogens (tertiary/aromatic N) is 1. The standard InChI is InChI=1S/C11H12F4N2O/c1-7(17-18)6-10(16,11(13,14)15)8-2-4-9(12)5-3-8/h2-5,18H,6,16H2,1H3/b17-7+/t10-/m0/s1. The molecule has 100 valence electrons. The van der Waals surface area contributed by atoms with Crippen LogP contribution in [0, 0.1) is 5.82 Å². The molecular formula is C11H12F4N2O. The highest BCUT2D eigenvalue weighted by atomic mass is 19.4. The van der Waals surface area contributed by atoms with Gasteiger partial charge in [-0.15, -0.1) is 0 Å². The SMILES string of the molecule is C/C(C[C@](N)(c1ccc(F)cc1)C(F)(F)F)=N\O. The van der Waals surface area contributed by atoms with Crippen molar-refractivity contribution in [3.63, 3.8) is 0 Å². The zero-order valence-electron chi connectivity index (χ0n) is 9.50. The van der Waals surface area contributed by atoms with E-state index in [0.29, 0.717) is 0 Å². The van der Waals surface area contributed by atoms with Crippen molar-refractivity contribution in [2.24, 2.45) is 10.9 Å². The molecule has 1 aromatic carbocycles. The van der Waals surface area contributed by atoms with Crippen LogP contribution in [0.4, 0.5) is 17.6 Å². The predicted octanol–water partition coefficient (Wildman–Crippen LogP) is 2.78. The Hall–Kier alpha value is -1.63. The summed E-state index contributed by atoms with van der Waals surface area (Å²) in [5.74, 6) is -0.657. The van der Waals surface area contributed by atoms with E-state index in [4.69, 9.17) is 10.9 Å². The highest BCUT2D eigenvalue weighted by Gasteiger charge is 2.53. The average Bonchev–Trinajstić information content (AvgIpc) is 2.28. The monoisotopic (exact) mass is 264 g/mol. The Morgan fingerprint density at radius 3 is 2.17 bits per heavy atom. The molecule has 0 amide bonds. The molecule has 0 heterocycles. The van der Waals surface area contributed by atoms with Gasteiger partial charge < -0.3 is 10.9 Å². The maximum Gasteiger partial charge on any atom is 0.410 e. The molecular weight excluding hydrogens is 252 g/mol. The Labute approximate surface area is 101 Å². The third-order valence-corrected chi connectivity index (χ3v) is 2.57. The largest absolute Gasteiger partial charge is 0.411 e. The zero-order chi connectivity index (χ0) is 14.0. The maximum absolute atomic E-state index is 13.0. The van der Waals surface area contributed by atoms with Crippen molar-refractivity contribution in [2.45, 2.75) is 25.1 Å². The Balaban J connectivity index is 3.25. The van der Waals surface area contributed by atoms with E-state index in [1.807, 2.05) is 0 Å². The van der Waals surface area contributed by atoms with Crippen LogP contribution in [0.25, 0.3) is 0 Å². The molecule has 0 saturated carbocycles. The zero-order valence-corrected chi connectivity index (χ0v) is 9.50. The number of nitrogens with two attached hydrogens (primary N) is 1. The van der Waals surface area contributed by atoms with E-state index >= 15 is 0 Å². The molecule has 0 fully saturated rings. The lowest BCUT2D eigenvalue weighted by Crippen LogP contribution is -2.51. The van der Waals surface area contributed by atoms with Gasteiger partial charge in [0.1, 0.15) is 11.4 Å². The van der Waals surface area contributed by atoms with Crippen LogP contribution in [0.3, 0.4) is 0 Å². The van der Waals surface area contributed by atoms with Crippen molar-refractivity contribution in [1.82, 2.24) is 0 Å². The molecule has 0 bridgehead atoms. The number of oxime groups is 1. The van der Waals surface area contributed by atoms with Gasteiger partial charge in [0, 0.05) is 6.42 Å². The van der Waals surface area contributed by atoms with Gasteiger partial charge in [-0.05, 0) is 24.6 Å². The second-order valence-corrected chi connectivity index (χ2v) is 3.99. The Morgan fingerprint density at radius 1 is 1.28 bits per heavy atom. The molecule has 3 N–H and O–H groups in total. The first-order valence-electron chi connectivity index (χ1n) is 5.00. The van der Waals surface area contributed by atoms with Gasteiger partial charge in [0.2, 0.25) is 0 Å². The van der Waals surface area contributed by atoms with Gasteiger partial charge in [0.05, 0.1) is 5.71 Å². The molecule has 0 aliphatic carbocycles. The number of halogens is 4. The number of hydrogen-bond donors (Lipinski definition) is 2. The van der Waals surface area contributed by atoms with E-state index in [-0.39, 0.29) is 11.3 Å². The molecule has 1 atom stereocenters. The summed E-state index contributed by atoms with van der Waals surface area (Å²) >= 11 is 0. The van der Waals surface area contributed by atoms with Gasteiger partial charge >= 0.3 is 6.18 Å². The maximum atomic E-state index is 13.0. The van der Waals surface area contributed by atoms with Crippen molar-refractivity contribution < 1.29 is 22.8 Å². The summed E-state index contributed by atoms with van der Waals surface area (Å²) in [7, 11) is 0.